The summed E-state index contributed by atoms with van der Waals surface area (Å²) in [5.74, 6) is 1.28. The molecule has 6 nitrogen and oxygen atoms in total. The molecular weight excluding hydrogens is 284 g/mol. The standard InChI is InChI=1S/C16H18N2O4/c17-12-1-5-14(6-2-12)20-9-16(22-11-19)10-21-15-7-3-13(18)4-8-15/h1-8,11,16H,9-10,17-18H2. The molecule has 0 amide bonds. The van der Waals surface area contributed by atoms with Crippen molar-refractivity contribution in [2.45, 2.75) is 6.10 Å². The van der Waals surface area contributed by atoms with Crippen molar-refractivity contribution in [3.05, 3.63) is 48.5 Å². The Kier molecular flexibility index (Phi) is 5.48. The van der Waals surface area contributed by atoms with Crippen LogP contribution in [0.25, 0.3) is 0 Å². The van der Waals surface area contributed by atoms with E-state index in [9.17, 15) is 4.79 Å². The monoisotopic (exact) mass is 302 g/mol. The van der Waals surface area contributed by atoms with Gasteiger partial charge in [-0.3, -0.25) is 4.79 Å². The summed E-state index contributed by atoms with van der Waals surface area (Å²) < 4.78 is 16.0. The van der Waals surface area contributed by atoms with E-state index in [0.717, 1.165) is 0 Å². The molecule has 0 aromatic heterocycles. The zero-order chi connectivity index (χ0) is 15.8. The number of carbonyl (C=O) groups is 1. The van der Waals surface area contributed by atoms with Crippen molar-refractivity contribution in [2.24, 2.45) is 0 Å². The third-order valence-corrected chi connectivity index (χ3v) is 2.88. The summed E-state index contributed by atoms with van der Waals surface area (Å²) in [5, 5.41) is 0. The van der Waals surface area contributed by atoms with Crippen LogP contribution in [0.3, 0.4) is 0 Å². The SMILES string of the molecule is Nc1ccc(OCC(COc2ccc(N)cc2)OC=O)cc1. The number of nitrogens with two attached hydrogens (primary N) is 2. The van der Waals surface area contributed by atoms with Gasteiger partial charge in [-0.2, -0.15) is 0 Å². The molecule has 0 heterocycles. The zero-order valence-electron chi connectivity index (χ0n) is 12.0. The minimum atomic E-state index is -0.521. The highest BCUT2D eigenvalue weighted by atomic mass is 16.6. The topological polar surface area (TPSA) is 96.8 Å². The highest BCUT2D eigenvalue weighted by Gasteiger charge is 2.12. The number of nitrogen functional groups attached to an aromatic ring is 2. The molecule has 0 radical (unpaired) electrons. The van der Waals surface area contributed by atoms with E-state index in [1.54, 1.807) is 48.5 Å². The van der Waals surface area contributed by atoms with Crippen molar-refractivity contribution in [1.82, 2.24) is 0 Å². The van der Waals surface area contributed by atoms with Crippen LogP contribution in [0.5, 0.6) is 11.5 Å². The lowest BCUT2D eigenvalue weighted by Crippen LogP contribution is -2.28. The van der Waals surface area contributed by atoms with E-state index >= 15 is 0 Å². The minimum Gasteiger partial charge on any atom is -0.490 e. The fraction of sp³-hybridized carbons (Fsp3) is 0.188. The maximum Gasteiger partial charge on any atom is 0.293 e. The predicted molar refractivity (Wildman–Crippen MR) is 83.6 cm³/mol. The molecule has 6 heteroatoms. The third kappa shape index (κ3) is 4.90. The average Bonchev–Trinajstić information content (AvgIpc) is 2.53. The highest BCUT2D eigenvalue weighted by molar-refractivity contribution is 5.42. The molecule has 0 aliphatic rings. The van der Waals surface area contributed by atoms with Crippen molar-refractivity contribution < 1.29 is 19.0 Å². The second-order valence-corrected chi connectivity index (χ2v) is 4.61. The van der Waals surface area contributed by atoms with E-state index < -0.39 is 6.10 Å². The van der Waals surface area contributed by atoms with Crippen molar-refractivity contribution in [3.8, 4) is 11.5 Å². The summed E-state index contributed by atoms with van der Waals surface area (Å²) in [6, 6.07) is 13.9. The second-order valence-electron chi connectivity index (χ2n) is 4.61. The normalized spacial score (nSPS) is 10.2. The van der Waals surface area contributed by atoms with Crippen LogP contribution in [0.4, 0.5) is 11.4 Å². The molecule has 2 rings (SSSR count). The lowest BCUT2D eigenvalue weighted by molar-refractivity contribution is -0.136. The van der Waals surface area contributed by atoms with E-state index in [0.29, 0.717) is 29.3 Å². The smallest absolute Gasteiger partial charge is 0.293 e. The van der Waals surface area contributed by atoms with Gasteiger partial charge in [-0.15, -0.1) is 0 Å². The van der Waals surface area contributed by atoms with E-state index in [-0.39, 0.29) is 13.2 Å². The number of hydrogen-bond donors (Lipinski definition) is 2. The highest BCUT2D eigenvalue weighted by Crippen LogP contribution is 2.15. The first-order valence-corrected chi connectivity index (χ1v) is 6.73. The van der Waals surface area contributed by atoms with Gasteiger partial charge in [-0.25, -0.2) is 0 Å². The molecule has 0 saturated heterocycles. The molecule has 4 N–H and O–H groups in total. The summed E-state index contributed by atoms with van der Waals surface area (Å²) in [6.45, 7) is 0.735. The molecule has 22 heavy (non-hydrogen) atoms. The van der Waals surface area contributed by atoms with Crippen LogP contribution < -0.4 is 20.9 Å². The van der Waals surface area contributed by atoms with Gasteiger partial charge in [0.05, 0.1) is 0 Å². The second kappa shape index (κ2) is 7.78. The van der Waals surface area contributed by atoms with Crippen LogP contribution in [0, 0.1) is 0 Å². The van der Waals surface area contributed by atoms with Gasteiger partial charge in [0.15, 0.2) is 6.10 Å². The molecule has 0 fully saturated rings. The lowest BCUT2D eigenvalue weighted by Gasteiger charge is -2.17. The Morgan fingerprint density at radius 3 is 1.59 bits per heavy atom. The van der Waals surface area contributed by atoms with Crippen molar-refractivity contribution in [2.75, 3.05) is 24.7 Å². The summed E-state index contributed by atoms with van der Waals surface area (Å²) in [5.41, 5.74) is 12.5. The van der Waals surface area contributed by atoms with Crippen LogP contribution in [-0.4, -0.2) is 25.8 Å². The summed E-state index contributed by atoms with van der Waals surface area (Å²) in [6.07, 6.45) is -0.521. The van der Waals surface area contributed by atoms with Crippen molar-refractivity contribution in [1.29, 1.82) is 0 Å². The van der Waals surface area contributed by atoms with Crippen LogP contribution >= 0.6 is 0 Å². The Labute approximate surface area is 128 Å². The first-order chi connectivity index (χ1) is 10.7. The van der Waals surface area contributed by atoms with Gasteiger partial charge in [0, 0.05) is 11.4 Å². The number of benzene rings is 2. The van der Waals surface area contributed by atoms with Crippen LogP contribution in [-0.2, 0) is 9.53 Å². The quantitative estimate of drug-likeness (QED) is 0.570. The predicted octanol–water partition coefficient (Wildman–Crippen LogP) is 1.85. The molecule has 0 unspecified atom stereocenters. The Balaban J connectivity index is 1.85. The molecule has 2 aromatic carbocycles. The first kappa shape index (κ1) is 15.5. The Morgan fingerprint density at radius 2 is 1.23 bits per heavy atom. The summed E-state index contributed by atoms with van der Waals surface area (Å²) >= 11 is 0. The van der Waals surface area contributed by atoms with Crippen LogP contribution in [0.15, 0.2) is 48.5 Å². The molecule has 0 spiro atoms. The molecule has 0 atom stereocenters. The van der Waals surface area contributed by atoms with Gasteiger partial charge in [0.2, 0.25) is 0 Å². The van der Waals surface area contributed by atoms with E-state index in [2.05, 4.69) is 0 Å². The van der Waals surface area contributed by atoms with Crippen molar-refractivity contribution in [3.63, 3.8) is 0 Å². The summed E-state index contributed by atoms with van der Waals surface area (Å²) in [4.78, 5) is 10.6. The Morgan fingerprint density at radius 1 is 0.818 bits per heavy atom. The van der Waals surface area contributed by atoms with E-state index in [4.69, 9.17) is 25.7 Å². The molecule has 0 bridgehead atoms. The average molecular weight is 302 g/mol. The van der Waals surface area contributed by atoms with Gasteiger partial charge in [0.25, 0.3) is 6.47 Å². The number of ether oxygens (including phenoxy) is 3. The van der Waals surface area contributed by atoms with Crippen LogP contribution in [0.1, 0.15) is 0 Å². The third-order valence-electron chi connectivity index (χ3n) is 2.88. The number of rotatable bonds is 8. The maximum atomic E-state index is 10.6. The fourth-order valence-corrected chi connectivity index (χ4v) is 1.71. The minimum absolute atomic E-state index is 0.178. The van der Waals surface area contributed by atoms with Crippen molar-refractivity contribution >= 4 is 17.8 Å². The maximum absolute atomic E-state index is 10.6. The lowest BCUT2D eigenvalue weighted by atomic mass is 10.3. The Hall–Kier alpha value is -2.89. The molecule has 116 valence electrons. The van der Waals surface area contributed by atoms with E-state index in [1.165, 1.54) is 0 Å². The largest absolute Gasteiger partial charge is 0.490 e. The molecule has 0 aliphatic heterocycles. The van der Waals surface area contributed by atoms with Gasteiger partial charge in [0.1, 0.15) is 24.7 Å². The molecule has 0 saturated carbocycles. The van der Waals surface area contributed by atoms with E-state index in [1.807, 2.05) is 0 Å². The number of anilines is 2. The first-order valence-electron chi connectivity index (χ1n) is 6.73. The van der Waals surface area contributed by atoms with Gasteiger partial charge in [-0.1, -0.05) is 0 Å². The van der Waals surface area contributed by atoms with Gasteiger partial charge in [-0.05, 0) is 48.5 Å². The van der Waals surface area contributed by atoms with Gasteiger partial charge < -0.3 is 25.7 Å². The molecular formula is C16H18N2O4. The van der Waals surface area contributed by atoms with Crippen LogP contribution in [0.2, 0.25) is 0 Å². The Bertz CT molecular complexity index is 535. The number of hydrogen-bond acceptors (Lipinski definition) is 6. The zero-order valence-corrected chi connectivity index (χ0v) is 12.0. The number of carbonyl (C=O) groups excluding carboxylic acids is 1. The summed E-state index contributed by atoms with van der Waals surface area (Å²) in [7, 11) is 0. The molecule has 2 aromatic rings. The molecule has 0 aliphatic carbocycles. The van der Waals surface area contributed by atoms with Gasteiger partial charge >= 0.3 is 0 Å². The fourth-order valence-electron chi connectivity index (χ4n) is 1.71.